The van der Waals surface area contributed by atoms with Gasteiger partial charge >= 0.3 is 5.97 Å². The quantitative estimate of drug-likeness (QED) is 0.489. The number of ketones is 1. The molecule has 0 aromatic rings. The third-order valence-corrected chi connectivity index (χ3v) is 3.90. The second kappa shape index (κ2) is 3.32. The summed E-state index contributed by atoms with van der Waals surface area (Å²) in [7, 11) is 1.36. The SMILES string of the molecule is COC(=O)[C@H]1C(=O)C[C@@H]2CC(C)(C)C[C@@H]21. The molecule has 0 aromatic carbocycles. The standard InChI is InChI=1S/C12H18O3/c1-12(2)5-7-4-9(13)10(8(7)6-12)11(14)15-3/h7-8,10H,4-6H2,1-3H3/t7-,8+,10-/m1/s1. The average Bonchev–Trinajstić information content (AvgIpc) is 2.54. The first-order chi connectivity index (χ1) is 6.94. The minimum absolute atomic E-state index is 0.0901. The Kier molecular flexibility index (Phi) is 2.36. The Morgan fingerprint density at radius 1 is 1.40 bits per heavy atom. The number of hydrogen-bond donors (Lipinski definition) is 0. The molecule has 0 amide bonds. The van der Waals surface area contributed by atoms with Crippen molar-refractivity contribution in [3.05, 3.63) is 0 Å². The van der Waals surface area contributed by atoms with Crippen LogP contribution in [0.5, 0.6) is 0 Å². The summed E-state index contributed by atoms with van der Waals surface area (Å²) in [4.78, 5) is 23.2. The summed E-state index contributed by atoms with van der Waals surface area (Å²) >= 11 is 0. The summed E-state index contributed by atoms with van der Waals surface area (Å²) in [6, 6.07) is 0. The second-order valence-corrected chi connectivity index (χ2v) is 5.67. The molecular weight excluding hydrogens is 192 g/mol. The monoisotopic (exact) mass is 210 g/mol. The molecule has 2 fully saturated rings. The van der Waals surface area contributed by atoms with Crippen molar-refractivity contribution in [2.24, 2.45) is 23.2 Å². The van der Waals surface area contributed by atoms with Gasteiger partial charge in [-0.25, -0.2) is 0 Å². The van der Waals surface area contributed by atoms with Crippen molar-refractivity contribution >= 4 is 11.8 Å². The van der Waals surface area contributed by atoms with Gasteiger partial charge in [0.2, 0.25) is 0 Å². The second-order valence-electron chi connectivity index (χ2n) is 5.67. The Balaban J connectivity index is 2.19. The van der Waals surface area contributed by atoms with E-state index in [-0.39, 0.29) is 23.1 Å². The van der Waals surface area contributed by atoms with E-state index >= 15 is 0 Å². The van der Waals surface area contributed by atoms with Crippen LogP contribution in [0.4, 0.5) is 0 Å². The lowest BCUT2D eigenvalue weighted by Crippen LogP contribution is -2.27. The summed E-state index contributed by atoms with van der Waals surface area (Å²) in [5.74, 6) is -0.0594. The first-order valence-electron chi connectivity index (χ1n) is 5.55. The molecule has 2 saturated carbocycles. The van der Waals surface area contributed by atoms with E-state index in [1.165, 1.54) is 7.11 Å². The fourth-order valence-corrected chi connectivity index (χ4v) is 3.42. The van der Waals surface area contributed by atoms with Gasteiger partial charge in [-0.3, -0.25) is 9.59 Å². The fourth-order valence-electron chi connectivity index (χ4n) is 3.42. The van der Waals surface area contributed by atoms with E-state index < -0.39 is 5.92 Å². The van der Waals surface area contributed by atoms with Crippen LogP contribution in [0.15, 0.2) is 0 Å². The van der Waals surface area contributed by atoms with Crippen LogP contribution < -0.4 is 0 Å². The molecule has 84 valence electrons. The molecule has 2 aliphatic rings. The fraction of sp³-hybridized carbons (Fsp3) is 0.833. The maximum absolute atomic E-state index is 11.7. The molecule has 15 heavy (non-hydrogen) atoms. The molecule has 3 atom stereocenters. The highest BCUT2D eigenvalue weighted by Gasteiger charge is 2.53. The first-order valence-corrected chi connectivity index (χ1v) is 5.55. The number of hydrogen-bond acceptors (Lipinski definition) is 3. The normalized spacial score (nSPS) is 37.8. The van der Waals surface area contributed by atoms with Crippen molar-refractivity contribution < 1.29 is 14.3 Å². The average molecular weight is 210 g/mol. The van der Waals surface area contributed by atoms with Crippen molar-refractivity contribution in [2.75, 3.05) is 7.11 Å². The molecule has 0 spiro atoms. The van der Waals surface area contributed by atoms with Crippen molar-refractivity contribution in [3.63, 3.8) is 0 Å². The molecule has 0 unspecified atom stereocenters. The van der Waals surface area contributed by atoms with Gasteiger partial charge < -0.3 is 4.74 Å². The van der Waals surface area contributed by atoms with Gasteiger partial charge in [0.25, 0.3) is 0 Å². The Morgan fingerprint density at radius 3 is 2.67 bits per heavy atom. The largest absolute Gasteiger partial charge is 0.468 e. The maximum Gasteiger partial charge on any atom is 0.316 e. The summed E-state index contributed by atoms with van der Waals surface area (Å²) in [5.41, 5.74) is 0.280. The summed E-state index contributed by atoms with van der Waals surface area (Å²) in [6.07, 6.45) is 2.62. The van der Waals surface area contributed by atoms with Gasteiger partial charge in [-0.15, -0.1) is 0 Å². The third kappa shape index (κ3) is 1.68. The predicted molar refractivity (Wildman–Crippen MR) is 55.1 cm³/mol. The molecule has 0 bridgehead atoms. The molecule has 2 rings (SSSR count). The summed E-state index contributed by atoms with van der Waals surface area (Å²) in [5, 5.41) is 0. The molecule has 0 heterocycles. The smallest absolute Gasteiger partial charge is 0.316 e. The van der Waals surface area contributed by atoms with Gasteiger partial charge in [0.05, 0.1) is 7.11 Å². The van der Waals surface area contributed by atoms with E-state index in [1.54, 1.807) is 0 Å². The summed E-state index contributed by atoms with van der Waals surface area (Å²) < 4.78 is 4.72. The molecule has 0 aliphatic heterocycles. The van der Waals surface area contributed by atoms with E-state index in [0.717, 1.165) is 12.8 Å². The Hall–Kier alpha value is -0.860. The molecule has 0 aromatic heterocycles. The number of carbonyl (C=O) groups is 2. The molecule has 3 heteroatoms. The highest BCUT2D eigenvalue weighted by Crippen LogP contribution is 2.53. The lowest BCUT2D eigenvalue weighted by molar-refractivity contribution is -0.149. The number of ether oxygens (including phenoxy) is 1. The highest BCUT2D eigenvalue weighted by molar-refractivity contribution is 6.01. The molecular formula is C12H18O3. The zero-order chi connectivity index (χ0) is 11.2. The number of rotatable bonds is 1. The van der Waals surface area contributed by atoms with Crippen LogP contribution in [0, 0.1) is 23.2 Å². The number of Topliss-reactive ketones (excluding diaryl/α,β-unsaturated/α-hetero) is 1. The Bertz CT molecular complexity index is 298. The van der Waals surface area contributed by atoms with Gasteiger partial charge in [-0.2, -0.15) is 0 Å². The maximum atomic E-state index is 11.7. The molecule has 0 saturated heterocycles. The van der Waals surface area contributed by atoms with Gasteiger partial charge in [-0.1, -0.05) is 13.8 Å². The van der Waals surface area contributed by atoms with Gasteiger partial charge in [0.1, 0.15) is 11.7 Å². The lowest BCUT2D eigenvalue weighted by Gasteiger charge is -2.19. The number of methoxy groups -OCH3 is 1. The van der Waals surface area contributed by atoms with Gasteiger partial charge in [-0.05, 0) is 30.1 Å². The summed E-state index contributed by atoms with van der Waals surface area (Å²) in [6.45, 7) is 4.42. The van der Waals surface area contributed by atoms with Crippen LogP contribution in [-0.4, -0.2) is 18.9 Å². The number of fused-ring (bicyclic) bond motifs is 1. The topological polar surface area (TPSA) is 43.4 Å². The molecule has 0 N–H and O–H groups in total. The van der Waals surface area contributed by atoms with Crippen LogP contribution in [0.25, 0.3) is 0 Å². The van der Waals surface area contributed by atoms with Gasteiger partial charge in [0.15, 0.2) is 0 Å². The predicted octanol–water partition coefficient (Wildman–Crippen LogP) is 1.80. The van der Waals surface area contributed by atoms with E-state index in [1.807, 2.05) is 0 Å². The number of carbonyl (C=O) groups excluding carboxylic acids is 2. The Morgan fingerprint density at radius 2 is 2.07 bits per heavy atom. The van der Waals surface area contributed by atoms with Crippen LogP contribution in [0.1, 0.15) is 33.1 Å². The highest BCUT2D eigenvalue weighted by atomic mass is 16.5. The number of esters is 1. The van der Waals surface area contributed by atoms with E-state index in [4.69, 9.17) is 4.74 Å². The van der Waals surface area contributed by atoms with Crippen molar-refractivity contribution in [1.29, 1.82) is 0 Å². The van der Waals surface area contributed by atoms with Crippen LogP contribution in [0.3, 0.4) is 0 Å². The van der Waals surface area contributed by atoms with Crippen molar-refractivity contribution in [2.45, 2.75) is 33.1 Å². The molecule has 0 radical (unpaired) electrons. The molecule has 3 nitrogen and oxygen atoms in total. The van der Waals surface area contributed by atoms with E-state index in [9.17, 15) is 9.59 Å². The zero-order valence-electron chi connectivity index (χ0n) is 9.58. The minimum Gasteiger partial charge on any atom is -0.468 e. The third-order valence-electron chi connectivity index (χ3n) is 3.90. The van der Waals surface area contributed by atoms with Crippen LogP contribution >= 0.6 is 0 Å². The lowest BCUT2D eigenvalue weighted by atomic mass is 9.85. The van der Waals surface area contributed by atoms with Crippen LogP contribution in [0.2, 0.25) is 0 Å². The van der Waals surface area contributed by atoms with Crippen molar-refractivity contribution in [3.8, 4) is 0 Å². The van der Waals surface area contributed by atoms with Crippen molar-refractivity contribution in [1.82, 2.24) is 0 Å². The molecule has 2 aliphatic carbocycles. The first kappa shape index (κ1) is 10.7. The van der Waals surface area contributed by atoms with E-state index in [0.29, 0.717) is 12.3 Å². The van der Waals surface area contributed by atoms with Gasteiger partial charge in [0, 0.05) is 6.42 Å². The van der Waals surface area contributed by atoms with Crippen LogP contribution in [-0.2, 0) is 14.3 Å². The zero-order valence-corrected chi connectivity index (χ0v) is 9.58. The Labute approximate surface area is 90.2 Å². The van der Waals surface area contributed by atoms with E-state index in [2.05, 4.69) is 13.8 Å². The minimum atomic E-state index is -0.471.